The summed E-state index contributed by atoms with van der Waals surface area (Å²) in [6.07, 6.45) is -0.298. The first-order valence-electron chi connectivity index (χ1n) is 13.4. The fourth-order valence-corrected chi connectivity index (χ4v) is 3.92. The summed E-state index contributed by atoms with van der Waals surface area (Å²) in [7, 11) is 0. The van der Waals surface area contributed by atoms with Crippen LogP contribution in [0.25, 0.3) is 11.5 Å². The first-order chi connectivity index (χ1) is 20.2. The van der Waals surface area contributed by atoms with Crippen molar-refractivity contribution in [3.8, 4) is 23.0 Å². The van der Waals surface area contributed by atoms with E-state index in [9.17, 15) is 28.3 Å². The monoisotopic (exact) mass is 604 g/mol. The molecule has 0 saturated carbocycles. The zero-order valence-corrected chi connectivity index (χ0v) is 24.6. The molecule has 14 heteroatoms. The quantitative estimate of drug-likeness (QED) is 0.240. The molecule has 0 radical (unpaired) electrons. The molecule has 0 bridgehead atoms. The van der Waals surface area contributed by atoms with E-state index in [4.69, 9.17) is 13.9 Å². The lowest BCUT2D eigenvalue weighted by molar-refractivity contribution is -0.0514. The van der Waals surface area contributed by atoms with Crippen LogP contribution in [0.5, 0.6) is 11.5 Å². The number of alkyl halides is 2. The number of alkyl carbamates (subject to hydrolysis) is 1. The molecule has 0 aliphatic rings. The SMILES string of the molecule is CCOc1cc(-c2nc(C(=O)NCc3ccc(CC)c(C(=O)O)n3)c(C(C)NC(=O)OC(C)(C)C)o2)ccc1OC(F)F. The second-order valence-corrected chi connectivity index (χ2v) is 10.2. The fourth-order valence-electron chi connectivity index (χ4n) is 3.92. The summed E-state index contributed by atoms with van der Waals surface area (Å²) in [5.41, 5.74) is 0.0290. The van der Waals surface area contributed by atoms with Crippen molar-refractivity contribution in [2.45, 2.75) is 72.8 Å². The zero-order chi connectivity index (χ0) is 31.9. The molecule has 0 aliphatic carbocycles. The summed E-state index contributed by atoms with van der Waals surface area (Å²) in [5, 5.41) is 14.7. The number of carboxylic acid groups (broad SMARTS) is 1. The number of carbonyl (C=O) groups is 3. The van der Waals surface area contributed by atoms with Crippen molar-refractivity contribution in [2.24, 2.45) is 0 Å². The van der Waals surface area contributed by atoms with Gasteiger partial charge in [0.2, 0.25) is 5.89 Å². The Hall–Kier alpha value is -4.75. The third kappa shape index (κ3) is 8.87. The van der Waals surface area contributed by atoms with E-state index in [1.807, 2.05) is 0 Å². The number of oxazole rings is 1. The maximum Gasteiger partial charge on any atom is 0.408 e. The first-order valence-corrected chi connectivity index (χ1v) is 13.4. The second kappa shape index (κ2) is 13.9. The van der Waals surface area contributed by atoms with Crippen molar-refractivity contribution in [1.29, 1.82) is 0 Å². The van der Waals surface area contributed by atoms with Gasteiger partial charge < -0.3 is 34.4 Å². The number of nitrogens with one attached hydrogen (secondary N) is 2. The number of amides is 2. The Morgan fingerprint density at radius 2 is 1.77 bits per heavy atom. The number of pyridine rings is 1. The predicted molar refractivity (Wildman–Crippen MR) is 149 cm³/mol. The van der Waals surface area contributed by atoms with E-state index in [0.29, 0.717) is 17.7 Å². The number of aromatic carboxylic acids is 1. The Balaban J connectivity index is 1.97. The molecule has 43 heavy (non-hydrogen) atoms. The maximum absolute atomic E-state index is 13.3. The minimum absolute atomic E-state index is 0.00168. The van der Waals surface area contributed by atoms with Crippen LogP contribution in [0.4, 0.5) is 13.6 Å². The van der Waals surface area contributed by atoms with Crippen LogP contribution in [-0.4, -0.2) is 51.9 Å². The van der Waals surface area contributed by atoms with Crippen LogP contribution in [0.1, 0.15) is 85.6 Å². The van der Waals surface area contributed by atoms with Gasteiger partial charge in [0.25, 0.3) is 5.91 Å². The van der Waals surface area contributed by atoms with Crippen LogP contribution in [0.15, 0.2) is 34.7 Å². The summed E-state index contributed by atoms with van der Waals surface area (Å²) < 4.78 is 46.9. The molecule has 12 nitrogen and oxygen atoms in total. The van der Waals surface area contributed by atoms with Gasteiger partial charge in [0.15, 0.2) is 28.6 Å². The number of rotatable bonds is 12. The Labute approximate surface area is 246 Å². The van der Waals surface area contributed by atoms with Gasteiger partial charge in [0.05, 0.1) is 24.9 Å². The summed E-state index contributed by atoms with van der Waals surface area (Å²) in [6, 6.07) is 6.36. The van der Waals surface area contributed by atoms with E-state index < -0.39 is 36.2 Å². The lowest BCUT2D eigenvalue weighted by atomic mass is 10.1. The van der Waals surface area contributed by atoms with Gasteiger partial charge in [-0.15, -0.1) is 0 Å². The van der Waals surface area contributed by atoms with E-state index in [2.05, 4.69) is 25.3 Å². The lowest BCUT2D eigenvalue weighted by Crippen LogP contribution is -2.34. The van der Waals surface area contributed by atoms with Gasteiger partial charge >= 0.3 is 18.7 Å². The number of hydrogen-bond acceptors (Lipinski definition) is 9. The van der Waals surface area contributed by atoms with Gasteiger partial charge in [-0.3, -0.25) is 4.79 Å². The third-order valence-corrected chi connectivity index (χ3v) is 5.75. The van der Waals surface area contributed by atoms with Gasteiger partial charge in [-0.1, -0.05) is 13.0 Å². The number of halogens is 2. The number of nitrogens with zero attached hydrogens (tertiary/aromatic N) is 2. The first kappa shape index (κ1) is 32.8. The largest absolute Gasteiger partial charge is 0.490 e. The number of ether oxygens (including phenoxy) is 3. The molecule has 3 aromatic rings. The highest BCUT2D eigenvalue weighted by molar-refractivity contribution is 5.94. The van der Waals surface area contributed by atoms with Crippen molar-refractivity contribution in [3.63, 3.8) is 0 Å². The number of hydrogen-bond donors (Lipinski definition) is 3. The fraction of sp³-hybridized carbons (Fsp3) is 0.414. The van der Waals surface area contributed by atoms with Gasteiger partial charge in [-0.05, 0) is 70.9 Å². The van der Waals surface area contributed by atoms with E-state index >= 15 is 0 Å². The third-order valence-electron chi connectivity index (χ3n) is 5.75. The average Bonchev–Trinajstić information content (AvgIpc) is 3.37. The van der Waals surface area contributed by atoms with E-state index in [1.165, 1.54) is 18.2 Å². The minimum Gasteiger partial charge on any atom is -0.490 e. The molecule has 3 N–H and O–H groups in total. The molecule has 1 unspecified atom stereocenters. The summed E-state index contributed by atoms with van der Waals surface area (Å²) >= 11 is 0. The molecule has 2 aromatic heterocycles. The Kier molecular flexibility index (Phi) is 10.6. The van der Waals surface area contributed by atoms with E-state index in [0.717, 1.165) is 0 Å². The Morgan fingerprint density at radius 3 is 2.37 bits per heavy atom. The Bertz CT molecular complexity index is 1470. The lowest BCUT2D eigenvalue weighted by Gasteiger charge is -2.21. The molecule has 0 spiro atoms. The van der Waals surface area contributed by atoms with Crippen molar-refractivity contribution in [1.82, 2.24) is 20.6 Å². The van der Waals surface area contributed by atoms with Crippen LogP contribution in [0.3, 0.4) is 0 Å². The zero-order valence-electron chi connectivity index (χ0n) is 24.6. The van der Waals surface area contributed by atoms with Crippen LogP contribution in [-0.2, 0) is 17.7 Å². The van der Waals surface area contributed by atoms with Gasteiger partial charge in [0, 0.05) is 5.56 Å². The molecule has 1 aromatic carbocycles. The molecule has 232 valence electrons. The summed E-state index contributed by atoms with van der Waals surface area (Å²) in [4.78, 5) is 45.8. The van der Waals surface area contributed by atoms with E-state index in [1.54, 1.807) is 53.7 Å². The number of aromatic nitrogens is 2. The molecule has 1 atom stereocenters. The topological polar surface area (TPSA) is 162 Å². The number of aryl methyl sites for hydroxylation is 1. The van der Waals surface area contributed by atoms with Gasteiger partial charge in [-0.25, -0.2) is 19.6 Å². The standard InChI is InChI=1S/C29H34F2N4O8/c1-7-16-9-11-18(34-21(16)26(37)38)14-32-24(36)22-23(15(3)33-28(39)43-29(4,5)6)42-25(35-22)17-10-12-19(41-27(30)31)20(13-17)40-8-2/h9-13,15,27H,7-8,14H2,1-6H3,(H,32,36)(H,33,39)(H,37,38). The smallest absolute Gasteiger partial charge is 0.408 e. The average molecular weight is 605 g/mol. The van der Waals surface area contributed by atoms with Crippen molar-refractivity contribution in [2.75, 3.05) is 6.61 Å². The predicted octanol–water partition coefficient (Wildman–Crippen LogP) is 5.51. The molecular formula is C29H34F2N4O8. The van der Waals surface area contributed by atoms with Crippen LogP contribution in [0, 0.1) is 0 Å². The molecule has 0 fully saturated rings. The molecule has 2 heterocycles. The van der Waals surface area contributed by atoms with Crippen LogP contribution >= 0.6 is 0 Å². The molecule has 3 rings (SSSR count). The molecule has 0 saturated heterocycles. The minimum atomic E-state index is -3.08. The highest BCUT2D eigenvalue weighted by Crippen LogP contribution is 2.35. The van der Waals surface area contributed by atoms with Crippen molar-refractivity contribution < 1.29 is 46.9 Å². The highest BCUT2D eigenvalue weighted by Gasteiger charge is 2.28. The normalized spacial score (nSPS) is 12.0. The summed E-state index contributed by atoms with van der Waals surface area (Å²) in [6.45, 7) is 7.04. The highest BCUT2D eigenvalue weighted by atomic mass is 19.3. The van der Waals surface area contributed by atoms with Crippen molar-refractivity contribution >= 4 is 18.0 Å². The summed E-state index contributed by atoms with van der Waals surface area (Å²) in [5.74, 6) is -2.18. The second-order valence-electron chi connectivity index (χ2n) is 10.2. The van der Waals surface area contributed by atoms with Crippen molar-refractivity contribution in [3.05, 3.63) is 58.7 Å². The van der Waals surface area contributed by atoms with E-state index in [-0.39, 0.29) is 53.3 Å². The number of carboxylic acids is 1. The van der Waals surface area contributed by atoms with Gasteiger partial charge in [0.1, 0.15) is 5.60 Å². The number of benzene rings is 1. The molecule has 2 amide bonds. The molecular weight excluding hydrogens is 570 g/mol. The number of carbonyl (C=O) groups excluding carboxylic acids is 2. The maximum atomic E-state index is 13.3. The Morgan fingerprint density at radius 1 is 1.05 bits per heavy atom. The van der Waals surface area contributed by atoms with Crippen LogP contribution in [0.2, 0.25) is 0 Å². The molecule has 0 aliphatic heterocycles. The van der Waals surface area contributed by atoms with Crippen LogP contribution < -0.4 is 20.1 Å². The van der Waals surface area contributed by atoms with Gasteiger partial charge in [-0.2, -0.15) is 8.78 Å².